The summed E-state index contributed by atoms with van der Waals surface area (Å²) < 4.78 is 5.41. The summed E-state index contributed by atoms with van der Waals surface area (Å²) in [6.45, 7) is 14.8. The molecule has 4 nitrogen and oxygen atoms in total. The number of ether oxygens (including phenoxy) is 1. The molecule has 1 fully saturated rings. The zero-order chi connectivity index (χ0) is 16.0. The minimum Gasteiger partial charge on any atom is -0.444 e. The Kier molecular flexibility index (Phi) is 6.98. The molecule has 21 heavy (non-hydrogen) atoms. The third kappa shape index (κ3) is 6.68. The van der Waals surface area contributed by atoms with Crippen molar-refractivity contribution in [2.45, 2.75) is 72.4 Å². The Hall–Kier alpha value is -0.770. The van der Waals surface area contributed by atoms with Crippen LogP contribution < -0.4 is 5.32 Å². The molecule has 124 valence electrons. The van der Waals surface area contributed by atoms with Gasteiger partial charge in [0.05, 0.1) is 0 Å². The molecule has 0 radical (unpaired) electrons. The zero-order valence-corrected chi connectivity index (χ0v) is 14.7. The average molecular weight is 298 g/mol. The first-order chi connectivity index (χ1) is 9.73. The molecule has 1 aliphatic carbocycles. The van der Waals surface area contributed by atoms with E-state index in [-0.39, 0.29) is 6.09 Å². The summed E-state index contributed by atoms with van der Waals surface area (Å²) in [6.07, 6.45) is 3.40. The summed E-state index contributed by atoms with van der Waals surface area (Å²) in [4.78, 5) is 13.8. The molecule has 0 aliphatic heterocycles. The lowest BCUT2D eigenvalue weighted by Crippen LogP contribution is -2.44. The van der Waals surface area contributed by atoms with Crippen molar-refractivity contribution >= 4 is 6.09 Å². The van der Waals surface area contributed by atoms with Crippen LogP contribution in [-0.2, 0) is 4.74 Å². The predicted molar refractivity (Wildman–Crippen MR) is 87.5 cm³/mol. The molecule has 0 aromatic carbocycles. The maximum Gasteiger partial charge on any atom is 0.410 e. The van der Waals surface area contributed by atoms with E-state index in [4.69, 9.17) is 4.74 Å². The predicted octanol–water partition coefficient (Wildman–Crippen LogP) is 3.66. The normalized spacial score (nSPS) is 22.0. The lowest BCUT2D eigenvalue weighted by atomic mass is 9.74. The van der Waals surface area contributed by atoms with E-state index in [9.17, 15) is 4.79 Å². The minimum absolute atomic E-state index is 0.200. The first-order valence-corrected chi connectivity index (χ1v) is 8.44. The second-order valence-corrected chi connectivity index (χ2v) is 7.54. The number of hydrogen-bond donors (Lipinski definition) is 1. The van der Waals surface area contributed by atoms with Crippen LogP contribution in [0, 0.1) is 11.8 Å². The summed E-state index contributed by atoms with van der Waals surface area (Å²) in [6, 6.07) is 0.689. The number of carbonyl (C=O) groups is 1. The van der Waals surface area contributed by atoms with E-state index < -0.39 is 5.60 Å². The number of hydrogen-bond acceptors (Lipinski definition) is 3. The smallest absolute Gasteiger partial charge is 0.410 e. The highest BCUT2D eigenvalue weighted by Crippen LogP contribution is 2.33. The fourth-order valence-corrected chi connectivity index (χ4v) is 2.65. The summed E-state index contributed by atoms with van der Waals surface area (Å²) in [5, 5.41) is 3.59. The van der Waals surface area contributed by atoms with Crippen LogP contribution in [0.25, 0.3) is 0 Å². The molecule has 0 bridgehead atoms. The molecule has 0 aromatic heterocycles. The third-order valence-corrected chi connectivity index (χ3v) is 4.19. The van der Waals surface area contributed by atoms with E-state index in [1.807, 2.05) is 27.7 Å². The highest BCUT2D eigenvalue weighted by Gasteiger charge is 2.30. The minimum atomic E-state index is -0.416. The lowest BCUT2D eigenvalue weighted by Gasteiger charge is -2.38. The quantitative estimate of drug-likeness (QED) is 0.729. The SMILES string of the molecule is CCN(CCCNC1CC(C(C)C)C1)C(=O)OC(C)(C)C. The molecule has 0 saturated heterocycles. The van der Waals surface area contributed by atoms with Crippen LogP contribution in [-0.4, -0.2) is 42.3 Å². The fourth-order valence-electron chi connectivity index (χ4n) is 2.65. The van der Waals surface area contributed by atoms with Gasteiger partial charge in [0, 0.05) is 19.1 Å². The van der Waals surface area contributed by atoms with Gasteiger partial charge in [0.25, 0.3) is 0 Å². The van der Waals surface area contributed by atoms with Crippen LogP contribution in [0.1, 0.15) is 60.8 Å². The molecule has 4 heteroatoms. The van der Waals surface area contributed by atoms with Gasteiger partial charge in [-0.2, -0.15) is 0 Å². The molecular formula is C17H34N2O2. The maximum absolute atomic E-state index is 12.0. The van der Waals surface area contributed by atoms with Gasteiger partial charge in [0.2, 0.25) is 0 Å². The molecule has 1 rings (SSSR count). The Morgan fingerprint density at radius 3 is 2.43 bits per heavy atom. The fraction of sp³-hybridized carbons (Fsp3) is 0.941. The number of carbonyl (C=O) groups excluding carboxylic acids is 1. The molecule has 1 aliphatic rings. The van der Waals surface area contributed by atoms with Gasteiger partial charge in [0.1, 0.15) is 5.60 Å². The average Bonchev–Trinajstić information content (AvgIpc) is 2.28. The van der Waals surface area contributed by atoms with Crippen LogP contribution in [0.2, 0.25) is 0 Å². The molecule has 0 heterocycles. The van der Waals surface area contributed by atoms with Crippen LogP contribution in [0.3, 0.4) is 0 Å². The van der Waals surface area contributed by atoms with E-state index in [0.717, 1.165) is 31.3 Å². The molecule has 0 atom stereocenters. The molecule has 0 spiro atoms. The highest BCUT2D eigenvalue weighted by atomic mass is 16.6. The first kappa shape index (κ1) is 18.3. The van der Waals surface area contributed by atoms with Gasteiger partial charge >= 0.3 is 6.09 Å². The maximum atomic E-state index is 12.0. The van der Waals surface area contributed by atoms with E-state index in [1.165, 1.54) is 12.8 Å². The number of nitrogens with zero attached hydrogens (tertiary/aromatic N) is 1. The van der Waals surface area contributed by atoms with Crippen molar-refractivity contribution in [1.29, 1.82) is 0 Å². The van der Waals surface area contributed by atoms with Gasteiger partial charge in [-0.1, -0.05) is 13.8 Å². The van der Waals surface area contributed by atoms with Gasteiger partial charge in [-0.3, -0.25) is 0 Å². The summed E-state index contributed by atoms with van der Waals surface area (Å²) in [5.74, 6) is 1.71. The van der Waals surface area contributed by atoms with Crippen molar-refractivity contribution in [1.82, 2.24) is 10.2 Å². The zero-order valence-electron chi connectivity index (χ0n) is 14.7. The van der Waals surface area contributed by atoms with Gasteiger partial charge in [-0.05, 0) is 65.3 Å². The third-order valence-electron chi connectivity index (χ3n) is 4.19. The second-order valence-electron chi connectivity index (χ2n) is 7.54. The molecule has 1 amide bonds. The number of rotatable bonds is 7. The van der Waals surface area contributed by atoms with E-state index in [2.05, 4.69) is 19.2 Å². The van der Waals surface area contributed by atoms with Crippen molar-refractivity contribution in [3.05, 3.63) is 0 Å². The molecule has 1 saturated carbocycles. The van der Waals surface area contributed by atoms with Crippen molar-refractivity contribution < 1.29 is 9.53 Å². The van der Waals surface area contributed by atoms with Crippen LogP contribution in [0.4, 0.5) is 4.79 Å². The van der Waals surface area contributed by atoms with Crippen LogP contribution >= 0.6 is 0 Å². The summed E-state index contributed by atoms with van der Waals surface area (Å²) in [7, 11) is 0. The van der Waals surface area contributed by atoms with Crippen molar-refractivity contribution in [2.75, 3.05) is 19.6 Å². The van der Waals surface area contributed by atoms with Gasteiger partial charge in [-0.15, -0.1) is 0 Å². The summed E-state index contributed by atoms with van der Waals surface area (Å²) >= 11 is 0. The van der Waals surface area contributed by atoms with Crippen LogP contribution in [0.15, 0.2) is 0 Å². The highest BCUT2D eigenvalue weighted by molar-refractivity contribution is 5.68. The largest absolute Gasteiger partial charge is 0.444 e. The Bertz CT molecular complexity index is 317. The van der Waals surface area contributed by atoms with Crippen LogP contribution in [0.5, 0.6) is 0 Å². The van der Waals surface area contributed by atoms with Crippen molar-refractivity contribution in [3.8, 4) is 0 Å². The topological polar surface area (TPSA) is 41.6 Å². The monoisotopic (exact) mass is 298 g/mol. The van der Waals surface area contributed by atoms with Gasteiger partial charge in [-0.25, -0.2) is 4.79 Å². The number of nitrogens with one attached hydrogen (secondary N) is 1. The van der Waals surface area contributed by atoms with E-state index >= 15 is 0 Å². The second kappa shape index (κ2) is 8.02. The van der Waals surface area contributed by atoms with Gasteiger partial charge in [0.15, 0.2) is 0 Å². The van der Waals surface area contributed by atoms with E-state index in [0.29, 0.717) is 12.6 Å². The lowest BCUT2D eigenvalue weighted by molar-refractivity contribution is 0.0257. The molecular weight excluding hydrogens is 264 g/mol. The van der Waals surface area contributed by atoms with Crippen molar-refractivity contribution in [3.63, 3.8) is 0 Å². The molecule has 1 N–H and O–H groups in total. The first-order valence-electron chi connectivity index (χ1n) is 8.44. The van der Waals surface area contributed by atoms with Crippen molar-refractivity contribution in [2.24, 2.45) is 11.8 Å². The molecule has 0 unspecified atom stereocenters. The molecule has 0 aromatic rings. The van der Waals surface area contributed by atoms with Gasteiger partial charge < -0.3 is 15.0 Å². The standard InChI is InChI=1S/C17H34N2O2/c1-7-19(16(20)21-17(4,5)6)10-8-9-18-15-11-14(12-15)13(2)3/h13-15,18H,7-12H2,1-6H3. The summed E-state index contributed by atoms with van der Waals surface area (Å²) in [5.41, 5.74) is -0.416. The Balaban J connectivity index is 2.14. The van der Waals surface area contributed by atoms with E-state index in [1.54, 1.807) is 4.90 Å². The Morgan fingerprint density at radius 1 is 1.33 bits per heavy atom. The Labute approximate surface area is 130 Å². The number of amides is 1. The Morgan fingerprint density at radius 2 is 1.95 bits per heavy atom.